The first-order chi connectivity index (χ1) is 7.60. The second-order valence-corrected chi connectivity index (χ2v) is 3.17. The molecule has 0 bridgehead atoms. The zero-order chi connectivity index (χ0) is 12.1. The Kier molecular flexibility index (Phi) is 3.87. The molecule has 0 aliphatic heterocycles. The average Bonchev–Trinajstić information content (AvgIpc) is 2.66. The number of nitrogens with one attached hydrogen (secondary N) is 3. The van der Waals surface area contributed by atoms with Gasteiger partial charge in [0.2, 0.25) is 5.91 Å². The molecule has 0 aliphatic carbocycles. The summed E-state index contributed by atoms with van der Waals surface area (Å²) in [6.45, 7) is 1.80. The van der Waals surface area contributed by atoms with Crippen molar-refractivity contribution in [2.45, 2.75) is 13.3 Å². The van der Waals surface area contributed by atoms with E-state index in [1.165, 1.54) is 7.05 Å². The third-order valence-electron chi connectivity index (χ3n) is 2.14. The van der Waals surface area contributed by atoms with E-state index in [2.05, 4.69) is 20.8 Å². The van der Waals surface area contributed by atoms with Gasteiger partial charge in [0.25, 0.3) is 5.91 Å². The van der Waals surface area contributed by atoms with E-state index in [0.717, 1.165) is 0 Å². The highest BCUT2D eigenvalue weighted by molar-refractivity contribution is 5.99. The van der Waals surface area contributed by atoms with Crippen molar-refractivity contribution in [3.05, 3.63) is 11.4 Å². The first kappa shape index (κ1) is 12.0. The van der Waals surface area contributed by atoms with Gasteiger partial charge in [0.15, 0.2) is 5.69 Å². The van der Waals surface area contributed by atoms with E-state index in [-0.39, 0.29) is 18.1 Å². The Balaban J connectivity index is 2.66. The molecule has 1 heterocycles. The molecule has 0 radical (unpaired) electrons. The number of likely N-dealkylation sites (N-methyl/N-ethyl adjacent to an activating group) is 1. The number of amides is 2. The smallest absolute Gasteiger partial charge is 0.274 e. The van der Waals surface area contributed by atoms with E-state index in [0.29, 0.717) is 17.8 Å². The van der Waals surface area contributed by atoms with Crippen LogP contribution < -0.4 is 16.4 Å². The van der Waals surface area contributed by atoms with Gasteiger partial charge >= 0.3 is 0 Å². The predicted molar refractivity (Wildman–Crippen MR) is 58.8 cm³/mol. The molecule has 16 heavy (non-hydrogen) atoms. The summed E-state index contributed by atoms with van der Waals surface area (Å²) < 4.78 is 0. The van der Waals surface area contributed by atoms with E-state index in [1.807, 2.05) is 6.92 Å². The molecule has 1 aromatic heterocycles. The van der Waals surface area contributed by atoms with E-state index in [4.69, 9.17) is 5.73 Å². The third-order valence-corrected chi connectivity index (χ3v) is 2.14. The maximum Gasteiger partial charge on any atom is 0.274 e. The lowest BCUT2D eigenvalue weighted by molar-refractivity contribution is -0.119. The molecule has 0 unspecified atom stereocenters. The molecule has 88 valence electrons. The Morgan fingerprint density at radius 3 is 2.69 bits per heavy atom. The van der Waals surface area contributed by atoms with Gasteiger partial charge in [0, 0.05) is 7.05 Å². The van der Waals surface area contributed by atoms with Gasteiger partial charge in [-0.05, 0) is 6.42 Å². The minimum Gasteiger partial charge on any atom is -0.395 e. The molecule has 7 nitrogen and oxygen atoms in total. The van der Waals surface area contributed by atoms with Crippen molar-refractivity contribution in [2.24, 2.45) is 0 Å². The molecule has 5 N–H and O–H groups in total. The minimum absolute atomic E-state index is 0.0942. The van der Waals surface area contributed by atoms with E-state index in [1.54, 1.807) is 0 Å². The van der Waals surface area contributed by atoms with Gasteiger partial charge in [-0.25, -0.2) is 0 Å². The lowest BCUT2D eigenvalue weighted by Crippen LogP contribution is -2.35. The first-order valence-corrected chi connectivity index (χ1v) is 4.91. The molecular weight excluding hydrogens is 210 g/mol. The normalized spacial score (nSPS) is 9.88. The number of H-pyrrole nitrogens is 1. The Bertz CT molecular complexity index is 399. The predicted octanol–water partition coefficient (Wildman–Crippen LogP) is -0.970. The number of nitrogen functional groups attached to an aromatic ring is 1. The van der Waals surface area contributed by atoms with Crippen molar-refractivity contribution < 1.29 is 9.59 Å². The van der Waals surface area contributed by atoms with Crippen molar-refractivity contribution >= 4 is 17.5 Å². The molecule has 1 rings (SSSR count). The van der Waals surface area contributed by atoms with Crippen LogP contribution in [0.15, 0.2) is 0 Å². The van der Waals surface area contributed by atoms with Crippen LogP contribution in [0.1, 0.15) is 23.1 Å². The molecule has 7 heteroatoms. The molecule has 0 aliphatic rings. The summed E-state index contributed by atoms with van der Waals surface area (Å²) in [5.41, 5.74) is 6.87. The van der Waals surface area contributed by atoms with Gasteiger partial charge in [-0.2, -0.15) is 5.10 Å². The molecule has 1 aromatic rings. The zero-order valence-electron chi connectivity index (χ0n) is 9.26. The Morgan fingerprint density at radius 1 is 1.50 bits per heavy atom. The Labute approximate surface area is 92.8 Å². The van der Waals surface area contributed by atoms with Gasteiger partial charge in [-0.15, -0.1) is 0 Å². The van der Waals surface area contributed by atoms with Crippen LogP contribution in [-0.2, 0) is 11.2 Å². The van der Waals surface area contributed by atoms with Crippen LogP contribution in [0.5, 0.6) is 0 Å². The van der Waals surface area contributed by atoms with Crippen LogP contribution in [0.2, 0.25) is 0 Å². The standard InChI is InChI=1S/C9H15N5O2/c1-3-5-7(10)8(14-13-5)9(16)12-4-6(15)11-2/h3-4,10H2,1-2H3,(H,11,15)(H,12,16)(H,13,14). The van der Waals surface area contributed by atoms with Crippen LogP contribution in [0, 0.1) is 0 Å². The zero-order valence-corrected chi connectivity index (χ0v) is 9.26. The topological polar surface area (TPSA) is 113 Å². The summed E-state index contributed by atoms with van der Waals surface area (Å²) >= 11 is 0. The summed E-state index contributed by atoms with van der Waals surface area (Å²) in [5.74, 6) is -0.741. The third kappa shape index (κ3) is 2.50. The number of carbonyl (C=O) groups is 2. The fourth-order valence-electron chi connectivity index (χ4n) is 1.16. The second-order valence-electron chi connectivity index (χ2n) is 3.17. The Morgan fingerprint density at radius 2 is 2.19 bits per heavy atom. The van der Waals surface area contributed by atoms with Gasteiger partial charge < -0.3 is 16.4 Å². The van der Waals surface area contributed by atoms with Gasteiger partial charge in [-0.1, -0.05) is 6.92 Å². The van der Waals surface area contributed by atoms with Gasteiger partial charge in [0.1, 0.15) is 0 Å². The van der Waals surface area contributed by atoms with Crippen molar-refractivity contribution in [1.82, 2.24) is 20.8 Å². The summed E-state index contributed by atoms with van der Waals surface area (Å²) in [4.78, 5) is 22.5. The van der Waals surface area contributed by atoms with Crippen LogP contribution in [0.3, 0.4) is 0 Å². The van der Waals surface area contributed by atoms with Crippen molar-refractivity contribution in [2.75, 3.05) is 19.3 Å². The number of aromatic amines is 1. The number of carbonyl (C=O) groups excluding carboxylic acids is 2. The molecular formula is C9H15N5O2. The molecule has 0 atom stereocenters. The van der Waals surface area contributed by atoms with E-state index in [9.17, 15) is 9.59 Å². The summed E-state index contributed by atoms with van der Waals surface area (Å²) in [7, 11) is 1.49. The Hall–Kier alpha value is -2.05. The SMILES string of the molecule is CCc1[nH]nc(C(=O)NCC(=O)NC)c1N. The van der Waals surface area contributed by atoms with E-state index < -0.39 is 5.91 Å². The quantitative estimate of drug-likeness (QED) is 0.528. The number of nitrogens with two attached hydrogens (primary N) is 1. The highest BCUT2D eigenvalue weighted by atomic mass is 16.2. The van der Waals surface area contributed by atoms with Crippen LogP contribution in [0.4, 0.5) is 5.69 Å². The van der Waals surface area contributed by atoms with Crippen LogP contribution in [0.25, 0.3) is 0 Å². The number of anilines is 1. The minimum atomic E-state index is -0.461. The van der Waals surface area contributed by atoms with Crippen molar-refractivity contribution in [3.8, 4) is 0 Å². The van der Waals surface area contributed by atoms with Gasteiger partial charge in [-0.3, -0.25) is 14.7 Å². The molecule has 0 saturated heterocycles. The molecule has 0 spiro atoms. The fraction of sp³-hybridized carbons (Fsp3) is 0.444. The number of hydrogen-bond acceptors (Lipinski definition) is 4. The largest absolute Gasteiger partial charge is 0.395 e. The fourth-order valence-corrected chi connectivity index (χ4v) is 1.16. The summed E-state index contributed by atoms with van der Waals surface area (Å²) in [5, 5.41) is 11.3. The summed E-state index contributed by atoms with van der Waals surface area (Å²) in [6, 6.07) is 0. The van der Waals surface area contributed by atoms with E-state index >= 15 is 0 Å². The summed E-state index contributed by atoms with van der Waals surface area (Å²) in [6.07, 6.45) is 0.668. The van der Waals surface area contributed by atoms with Crippen molar-refractivity contribution in [3.63, 3.8) is 0 Å². The average molecular weight is 225 g/mol. The van der Waals surface area contributed by atoms with Gasteiger partial charge in [0.05, 0.1) is 17.9 Å². The van der Waals surface area contributed by atoms with Crippen LogP contribution in [-0.4, -0.2) is 35.6 Å². The second kappa shape index (κ2) is 5.15. The monoisotopic (exact) mass is 225 g/mol. The van der Waals surface area contributed by atoms with Crippen molar-refractivity contribution in [1.29, 1.82) is 0 Å². The maximum absolute atomic E-state index is 11.6. The number of nitrogens with zero attached hydrogens (tertiary/aromatic N) is 1. The number of aryl methyl sites for hydroxylation is 1. The van der Waals surface area contributed by atoms with Crippen LogP contribution >= 0.6 is 0 Å². The molecule has 0 fully saturated rings. The molecule has 0 aromatic carbocycles. The number of hydrogen-bond donors (Lipinski definition) is 4. The number of aromatic nitrogens is 2. The number of rotatable bonds is 4. The highest BCUT2D eigenvalue weighted by Gasteiger charge is 2.16. The first-order valence-electron chi connectivity index (χ1n) is 4.91. The lowest BCUT2D eigenvalue weighted by atomic mass is 10.2. The molecule has 2 amide bonds. The molecule has 0 saturated carbocycles. The highest BCUT2D eigenvalue weighted by Crippen LogP contribution is 2.13. The lowest BCUT2D eigenvalue weighted by Gasteiger charge is -2.02. The maximum atomic E-state index is 11.6.